The van der Waals surface area contributed by atoms with E-state index in [1.165, 1.54) is 0 Å². The van der Waals surface area contributed by atoms with Gasteiger partial charge in [-0.1, -0.05) is 49.6 Å². The number of hydrogen-bond acceptors (Lipinski definition) is 4. The molecule has 0 aliphatic rings. The third-order valence-electron chi connectivity index (χ3n) is 4.20. The first kappa shape index (κ1) is 20.3. The van der Waals surface area contributed by atoms with E-state index in [0.717, 1.165) is 24.1 Å². The summed E-state index contributed by atoms with van der Waals surface area (Å²) in [4.78, 5) is 21.7. The molecule has 0 aliphatic carbocycles. The number of hydrogen-bond donors (Lipinski definition) is 2. The Hall–Kier alpha value is -1.70. The van der Waals surface area contributed by atoms with Crippen LogP contribution in [0, 0.1) is 5.92 Å². The second-order valence-corrected chi connectivity index (χ2v) is 9.16. The van der Waals surface area contributed by atoms with Crippen molar-refractivity contribution in [1.82, 2.24) is 0 Å². The number of carboxylic acid groups (broad SMARTS) is 2. The molecule has 0 heterocycles. The molecular weight excluding hydrogens is 328 g/mol. The number of rotatable bonds is 12. The summed E-state index contributed by atoms with van der Waals surface area (Å²) in [5.41, 5.74) is 0. The minimum atomic E-state index is -2.46. The van der Waals surface area contributed by atoms with Crippen molar-refractivity contribution in [2.45, 2.75) is 38.1 Å². The van der Waals surface area contributed by atoms with Crippen molar-refractivity contribution in [3.63, 3.8) is 0 Å². The third kappa shape index (κ3) is 6.07. The topological polar surface area (TPSA) is 93.1 Å². The van der Waals surface area contributed by atoms with Crippen molar-refractivity contribution < 1.29 is 28.7 Å². The molecule has 0 aromatic heterocycles. The van der Waals surface area contributed by atoms with Crippen LogP contribution in [0.5, 0.6) is 0 Å². The van der Waals surface area contributed by atoms with Gasteiger partial charge in [0.05, 0.1) is 12.3 Å². The summed E-state index contributed by atoms with van der Waals surface area (Å²) in [5, 5.41) is 18.9. The van der Waals surface area contributed by atoms with E-state index in [9.17, 15) is 9.59 Å². The van der Waals surface area contributed by atoms with Gasteiger partial charge in [-0.15, -0.1) is 0 Å². The van der Waals surface area contributed by atoms with E-state index in [4.69, 9.17) is 19.1 Å². The monoisotopic (exact) mass is 354 g/mol. The van der Waals surface area contributed by atoms with Crippen molar-refractivity contribution in [2.75, 3.05) is 14.2 Å². The standard InChI is InChI=1S/C17H26O6Si/c1-22-24(23-2,15-10-6-3-7-11-15)12-8-4-5-9-14(17(20)21)13-16(18)19/h3,6-7,10-11,14H,4-5,8-9,12-13H2,1-2H3,(H,18,19)(H,20,21). The number of carbonyl (C=O) groups is 2. The molecule has 1 aromatic carbocycles. The molecule has 0 spiro atoms. The normalized spacial score (nSPS) is 12.8. The van der Waals surface area contributed by atoms with Gasteiger partial charge in [0.2, 0.25) is 0 Å². The van der Waals surface area contributed by atoms with Crippen LogP contribution in [-0.4, -0.2) is 44.9 Å². The highest BCUT2D eigenvalue weighted by atomic mass is 28.4. The molecular formula is C17H26O6Si. The maximum absolute atomic E-state index is 11.0. The molecule has 0 saturated carbocycles. The Morgan fingerprint density at radius 1 is 1.04 bits per heavy atom. The van der Waals surface area contributed by atoms with Gasteiger partial charge in [-0.05, 0) is 17.7 Å². The minimum absolute atomic E-state index is 0.325. The predicted molar refractivity (Wildman–Crippen MR) is 92.5 cm³/mol. The van der Waals surface area contributed by atoms with E-state index in [2.05, 4.69) is 0 Å². The van der Waals surface area contributed by atoms with E-state index < -0.39 is 26.4 Å². The van der Waals surface area contributed by atoms with Gasteiger partial charge >= 0.3 is 20.5 Å². The number of unbranched alkanes of at least 4 members (excludes halogenated alkanes) is 2. The Morgan fingerprint density at radius 2 is 1.67 bits per heavy atom. The number of carboxylic acids is 2. The zero-order valence-corrected chi connectivity index (χ0v) is 15.2. The first-order valence-electron chi connectivity index (χ1n) is 8.05. The van der Waals surface area contributed by atoms with Crippen LogP contribution in [0.1, 0.15) is 32.1 Å². The Kier molecular flexibility index (Phi) is 8.66. The summed E-state index contributed by atoms with van der Waals surface area (Å²) in [6, 6.07) is 10.7. The van der Waals surface area contributed by atoms with Gasteiger partial charge in [0.1, 0.15) is 0 Å². The first-order valence-corrected chi connectivity index (χ1v) is 10.1. The highest BCUT2D eigenvalue weighted by Crippen LogP contribution is 2.20. The Morgan fingerprint density at radius 3 is 2.17 bits per heavy atom. The molecule has 0 bridgehead atoms. The molecule has 134 valence electrons. The fraction of sp³-hybridized carbons (Fsp3) is 0.529. The van der Waals surface area contributed by atoms with E-state index in [-0.39, 0.29) is 6.42 Å². The highest BCUT2D eigenvalue weighted by Gasteiger charge is 2.37. The summed E-state index contributed by atoms with van der Waals surface area (Å²) in [6.07, 6.45) is 2.40. The van der Waals surface area contributed by atoms with Gasteiger partial charge in [0, 0.05) is 14.2 Å². The zero-order valence-electron chi connectivity index (χ0n) is 14.2. The second-order valence-electron chi connectivity index (χ2n) is 5.76. The molecule has 2 N–H and O–H groups in total. The van der Waals surface area contributed by atoms with Crippen LogP contribution in [0.25, 0.3) is 0 Å². The quantitative estimate of drug-likeness (QED) is 0.442. The first-order chi connectivity index (χ1) is 11.4. The second kappa shape index (κ2) is 10.2. The lowest BCUT2D eigenvalue weighted by Gasteiger charge is -2.27. The van der Waals surface area contributed by atoms with E-state index in [1.54, 1.807) is 14.2 Å². The third-order valence-corrected chi connectivity index (χ3v) is 7.75. The fourth-order valence-electron chi connectivity index (χ4n) is 2.81. The van der Waals surface area contributed by atoms with Gasteiger partial charge in [-0.3, -0.25) is 9.59 Å². The lowest BCUT2D eigenvalue weighted by Crippen LogP contribution is -2.52. The SMILES string of the molecule is CO[Si](CCCCCC(CC(=O)O)C(=O)O)(OC)c1ccccc1. The number of aliphatic carboxylic acids is 2. The molecule has 1 aromatic rings. The van der Waals surface area contributed by atoms with Crippen LogP contribution in [0.4, 0.5) is 0 Å². The molecule has 1 unspecified atom stereocenters. The lowest BCUT2D eigenvalue weighted by molar-refractivity contribution is -0.148. The minimum Gasteiger partial charge on any atom is -0.481 e. The van der Waals surface area contributed by atoms with Crippen LogP contribution in [0.3, 0.4) is 0 Å². The summed E-state index contributed by atoms with van der Waals surface area (Å²) in [6.45, 7) is 0. The van der Waals surface area contributed by atoms with Crippen LogP contribution in [0.15, 0.2) is 30.3 Å². The highest BCUT2D eigenvalue weighted by molar-refractivity contribution is 6.81. The predicted octanol–water partition coefficient (Wildman–Crippen LogP) is 2.36. The van der Waals surface area contributed by atoms with Crippen molar-refractivity contribution >= 4 is 25.7 Å². The van der Waals surface area contributed by atoms with E-state index >= 15 is 0 Å². The van der Waals surface area contributed by atoms with Gasteiger partial charge in [0.25, 0.3) is 0 Å². The van der Waals surface area contributed by atoms with Crippen molar-refractivity contribution in [3.05, 3.63) is 30.3 Å². The van der Waals surface area contributed by atoms with Gasteiger partial charge in [0.15, 0.2) is 0 Å². The van der Waals surface area contributed by atoms with Crippen LogP contribution in [-0.2, 0) is 18.4 Å². The lowest BCUT2D eigenvalue weighted by atomic mass is 9.98. The summed E-state index contributed by atoms with van der Waals surface area (Å²) in [7, 11) is 0.870. The molecule has 1 rings (SSSR count). The van der Waals surface area contributed by atoms with Gasteiger partial charge < -0.3 is 19.1 Å². The van der Waals surface area contributed by atoms with Crippen LogP contribution < -0.4 is 5.19 Å². The largest absolute Gasteiger partial charge is 0.481 e. The fourth-order valence-corrected chi connectivity index (χ4v) is 5.56. The molecule has 1 atom stereocenters. The Labute approximate surface area is 143 Å². The Balaban J connectivity index is 2.49. The molecule has 0 aliphatic heterocycles. The van der Waals surface area contributed by atoms with Crippen LogP contribution in [0.2, 0.25) is 6.04 Å². The van der Waals surface area contributed by atoms with Crippen molar-refractivity contribution in [3.8, 4) is 0 Å². The summed E-state index contributed by atoms with van der Waals surface area (Å²) < 4.78 is 11.5. The van der Waals surface area contributed by atoms with E-state index in [0.29, 0.717) is 12.8 Å². The molecule has 0 saturated heterocycles. The maximum atomic E-state index is 11.0. The van der Waals surface area contributed by atoms with Crippen molar-refractivity contribution in [2.24, 2.45) is 5.92 Å². The number of benzene rings is 1. The Bertz CT molecular complexity index is 515. The summed E-state index contributed by atoms with van der Waals surface area (Å²) >= 11 is 0. The molecule has 0 amide bonds. The van der Waals surface area contributed by atoms with Crippen LogP contribution >= 0.6 is 0 Å². The van der Waals surface area contributed by atoms with Gasteiger partial charge in [-0.25, -0.2) is 0 Å². The average Bonchev–Trinajstić information content (AvgIpc) is 2.58. The zero-order chi connectivity index (χ0) is 18.0. The molecule has 24 heavy (non-hydrogen) atoms. The van der Waals surface area contributed by atoms with Gasteiger partial charge in [-0.2, -0.15) is 0 Å². The molecule has 7 heteroatoms. The molecule has 0 radical (unpaired) electrons. The summed E-state index contributed by atoms with van der Waals surface area (Å²) in [5.74, 6) is -2.93. The molecule has 0 fully saturated rings. The van der Waals surface area contributed by atoms with E-state index in [1.807, 2.05) is 30.3 Å². The maximum Gasteiger partial charge on any atom is 0.371 e. The van der Waals surface area contributed by atoms with Crippen molar-refractivity contribution in [1.29, 1.82) is 0 Å². The average molecular weight is 354 g/mol. The smallest absolute Gasteiger partial charge is 0.371 e. The molecule has 6 nitrogen and oxygen atoms in total.